The van der Waals surface area contributed by atoms with Crippen molar-refractivity contribution in [3.05, 3.63) is 77.5 Å². The van der Waals surface area contributed by atoms with Gasteiger partial charge in [0.2, 0.25) is 0 Å². The van der Waals surface area contributed by atoms with E-state index in [1.54, 1.807) is 25.3 Å². The minimum Gasteiger partial charge on any atom is -0.495 e. The van der Waals surface area contributed by atoms with Crippen molar-refractivity contribution in [1.82, 2.24) is 15.3 Å². The molecule has 1 heterocycles. The molecule has 0 unspecified atom stereocenters. The van der Waals surface area contributed by atoms with Crippen LogP contribution in [0.5, 0.6) is 5.75 Å². The lowest BCUT2D eigenvalue weighted by Gasteiger charge is -2.12. The summed E-state index contributed by atoms with van der Waals surface area (Å²) in [4.78, 5) is 20.5. The van der Waals surface area contributed by atoms with Crippen molar-refractivity contribution < 1.29 is 13.9 Å². The molecule has 1 amide bonds. The summed E-state index contributed by atoms with van der Waals surface area (Å²) in [6.45, 7) is 2.04. The van der Waals surface area contributed by atoms with Crippen LogP contribution in [0.3, 0.4) is 0 Å². The van der Waals surface area contributed by atoms with Gasteiger partial charge in [0.25, 0.3) is 5.91 Å². The number of ether oxygens (including phenoxy) is 1. The molecule has 7 heteroatoms. The molecule has 0 atom stereocenters. The Hall–Kier alpha value is -3.48. The third-order valence-electron chi connectivity index (χ3n) is 3.91. The smallest absolute Gasteiger partial charge is 0.270 e. The molecule has 27 heavy (non-hydrogen) atoms. The highest BCUT2D eigenvalue weighted by molar-refractivity contribution is 5.93. The van der Waals surface area contributed by atoms with Crippen LogP contribution in [0.4, 0.5) is 15.9 Å². The molecule has 3 rings (SSSR count). The minimum atomic E-state index is -0.417. The summed E-state index contributed by atoms with van der Waals surface area (Å²) in [7, 11) is 1.58. The molecule has 0 aliphatic heterocycles. The first-order valence-electron chi connectivity index (χ1n) is 8.32. The number of nitrogens with one attached hydrogen (secondary N) is 2. The third kappa shape index (κ3) is 4.58. The third-order valence-corrected chi connectivity index (χ3v) is 3.91. The number of rotatable bonds is 6. The Morgan fingerprint density at radius 3 is 2.74 bits per heavy atom. The summed E-state index contributed by atoms with van der Waals surface area (Å²) in [5.41, 5.74) is 2.36. The van der Waals surface area contributed by atoms with Crippen molar-refractivity contribution in [2.45, 2.75) is 13.5 Å². The van der Waals surface area contributed by atoms with E-state index < -0.39 is 5.91 Å². The summed E-state index contributed by atoms with van der Waals surface area (Å²) in [6.07, 6.45) is 1.29. The van der Waals surface area contributed by atoms with Crippen LogP contribution in [0.25, 0.3) is 0 Å². The van der Waals surface area contributed by atoms with Gasteiger partial charge in [-0.2, -0.15) is 0 Å². The molecule has 0 saturated carbocycles. The quantitative estimate of drug-likeness (QED) is 0.697. The fraction of sp³-hybridized carbons (Fsp3) is 0.150. The molecule has 3 aromatic rings. The van der Waals surface area contributed by atoms with E-state index in [2.05, 4.69) is 20.6 Å². The normalized spacial score (nSPS) is 10.3. The highest BCUT2D eigenvalue weighted by atomic mass is 19.1. The number of carbonyl (C=O) groups excluding carboxylic acids is 1. The molecule has 0 fully saturated rings. The Morgan fingerprint density at radius 2 is 1.96 bits per heavy atom. The molecular weight excluding hydrogens is 347 g/mol. The number of benzene rings is 2. The molecule has 0 saturated heterocycles. The van der Waals surface area contributed by atoms with Crippen molar-refractivity contribution in [3.8, 4) is 5.75 Å². The highest BCUT2D eigenvalue weighted by Gasteiger charge is 2.11. The number of aromatic nitrogens is 2. The first-order chi connectivity index (χ1) is 13.1. The zero-order valence-corrected chi connectivity index (χ0v) is 15.0. The number of hydrogen-bond acceptors (Lipinski definition) is 5. The summed E-state index contributed by atoms with van der Waals surface area (Å²) in [6, 6.07) is 13.5. The number of aryl methyl sites for hydroxylation is 1. The minimum absolute atomic E-state index is 0.0734. The highest BCUT2D eigenvalue weighted by Crippen LogP contribution is 2.27. The summed E-state index contributed by atoms with van der Waals surface area (Å²) in [5.74, 6) is 0.323. The Morgan fingerprint density at radius 1 is 1.15 bits per heavy atom. The predicted molar refractivity (Wildman–Crippen MR) is 101 cm³/mol. The van der Waals surface area contributed by atoms with Gasteiger partial charge in [0.15, 0.2) is 0 Å². The van der Waals surface area contributed by atoms with Crippen LogP contribution >= 0.6 is 0 Å². The second-order valence-electron chi connectivity index (χ2n) is 5.89. The van der Waals surface area contributed by atoms with Crippen LogP contribution in [0, 0.1) is 12.7 Å². The molecular formula is C20H19FN4O2. The summed E-state index contributed by atoms with van der Waals surface area (Å²) in [5, 5.41) is 5.78. The van der Waals surface area contributed by atoms with Gasteiger partial charge in [-0.3, -0.25) is 4.79 Å². The van der Waals surface area contributed by atoms with Gasteiger partial charge >= 0.3 is 0 Å². The maximum absolute atomic E-state index is 13.7. The Balaban J connectivity index is 1.73. The molecule has 0 aliphatic carbocycles. The number of anilines is 2. The largest absolute Gasteiger partial charge is 0.495 e. The number of halogens is 1. The van der Waals surface area contributed by atoms with Gasteiger partial charge in [0.05, 0.1) is 12.8 Å². The zero-order valence-electron chi connectivity index (χ0n) is 15.0. The summed E-state index contributed by atoms with van der Waals surface area (Å²) < 4.78 is 19.0. The Kier molecular flexibility index (Phi) is 5.61. The van der Waals surface area contributed by atoms with E-state index in [1.807, 2.05) is 25.1 Å². The maximum Gasteiger partial charge on any atom is 0.270 e. The van der Waals surface area contributed by atoms with Crippen LogP contribution < -0.4 is 15.4 Å². The van der Waals surface area contributed by atoms with Crippen molar-refractivity contribution in [2.24, 2.45) is 0 Å². The van der Waals surface area contributed by atoms with Gasteiger partial charge in [0, 0.05) is 18.2 Å². The average molecular weight is 366 g/mol. The maximum atomic E-state index is 13.7. The molecule has 2 N–H and O–H groups in total. The molecule has 0 aliphatic rings. The lowest BCUT2D eigenvalue weighted by Crippen LogP contribution is -2.24. The fourth-order valence-electron chi connectivity index (χ4n) is 2.52. The van der Waals surface area contributed by atoms with E-state index in [1.165, 1.54) is 18.5 Å². The second-order valence-corrected chi connectivity index (χ2v) is 5.89. The summed E-state index contributed by atoms with van der Waals surface area (Å²) >= 11 is 0. The fourth-order valence-corrected chi connectivity index (χ4v) is 2.52. The standard InChI is InChI=1S/C20H19FN4O2/c1-13-7-8-18(27-2)16(9-13)25-19-10-17(23-12-24-19)20(26)22-11-14-5-3-4-6-15(14)21/h3-10,12H,11H2,1-2H3,(H,22,26)(H,23,24,25). The molecule has 6 nitrogen and oxygen atoms in total. The Bertz CT molecular complexity index is 962. The molecule has 0 bridgehead atoms. The van der Waals surface area contributed by atoms with Crippen LogP contribution in [-0.4, -0.2) is 23.0 Å². The molecule has 138 valence electrons. The number of carbonyl (C=O) groups is 1. The van der Waals surface area contributed by atoms with Crippen LogP contribution in [-0.2, 0) is 6.54 Å². The van der Waals surface area contributed by atoms with Crippen LogP contribution in [0.2, 0.25) is 0 Å². The van der Waals surface area contributed by atoms with Gasteiger partial charge < -0.3 is 15.4 Å². The zero-order chi connectivity index (χ0) is 19.2. The van der Waals surface area contributed by atoms with Gasteiger partial charge in [-0.15, -0.1) is 0 Å². The average Bonchev–Trinajstić information content (AvgIpc) is 2.67. The van der Waals surface area contributed by atoms with E-state index in [-0.39, 0.29) is 18.1 Å². The lowest BCUT2D eigenvalue weighted by molar-refractivity contribution is 0.0945. The van der Waals surface area contributed by atoms with Crippen molar-refractivity contribution >= 4 is 17.4 Å². The number of methoxy groups -OCH3 is 1. The topological polar surface area (TPSA) is 76.1 Å². The van der Waals surface area contributed by atoms with Crippen molar-refractivity contribution in [2.75, 3.05) is 12.4 Å². The van der Waals surface area contributed by atoms with Gasteiger partial charge in [-0.1, -0.05) is 24.3 Å². The second kappa shape index (κ2) is 8.27. The SMILES string of the molecule is COc1ccc(C)cc1Nc1cc(C(=O)NCc2ccccc2F)ncn1. The molecule has 0 spiro atoms. The van der Waals surface area contributed by atoms with Crippen LogP contribution in [0.1, 0.15) is 21.6 Å². The number of nitrogens with zero attached hydrogens (tertiary/aromatic N) is 2. The number of hydrogen-bond donors (Lipinski definition) is 2. The molecule has 0 radical (unpaired) electrons. The number of amides is 1. The van der Waals surface area contributed by atoms with Crippen LogP contribution in [0.15, 0.2) is 54.9 Å². The Labute approximate surface area is 156 Å². The van der Waals surface area contributed by atoms with E-state index in [0.717, 1.165) is 11.3 Å². The van der Waals surface area contributed by atoms with Gasteiger partial charge in [-0.05, 0) is 30.7 Å². The van der Waals surface area contributed by atoms with E-state index in [4.69, 9.17) is 4.74 Å². The van der Waals surface area contributed by atoms with E-state index in [0.29, 0.717) is 17.1 Å². The predicted octanol–water partition coefficient (Wildman–Crippen LogP) is 3.61. The first-order valence-corrected chi connectivity index (χ1v) is 8.32. The van der Waals surface area contributed by atoms with Crippen molar-refractivity contribution in [3.63, 3.8) is 0 Å². The van der Waals surface area contributed by atoms with Gasteiger partial charge in [0.1, 0.15) is 29.4 Å². The van der Waals surface area contributed by atoms with E-state index >= 15 is 0 Å². The van der Waals surface area contributed by atoms with E-state index in [9.17, 15) is 9.18 Å². The molecule has 2 aromatic carbocycles. The van der Waals surface area contributed by atoms with Crippen molar-refractivity contribution in [1.29, 1.82) is 0 Å². The monoisotopic (exact) mass is 366 g/mol. The first kappa shape index (κ1) is 18.3. The van der Waals surface area contributed by atoms with Gasteiger partial charge in [-0.25, -0.2) is 14.4 Å². The lowest BCUT2D eigenvalue weighted by atomic mass is 10.2. The molecule has 1 aromatic heterocycles.